The van der Waals surface area contributed by atoms with Gasteiger partial charge in [0, 0.05) is 26.0 Å². The zero-order valence-corrected chi connectivity index (χ0v) is 12.0. The lowest BCUT2D eigenvalue weighted by molar-refractivity contribution is -0.124. The van der Waals surface area contributed by atoms with Crippen LogP contribution in [0.4, 0.5) is 0 Å². The summed E-state index contributed by atoms with van der Waals surface area (Å²) in [6, 6.07) is 8.25. The van der Waals surface area contributed by atoms with Crippen molar-refractivity contribution in [3.8, 4) is 5.75 Å². The molecule has 0 bridgehead atoms. The van der Waals surface area contributed by atoms with Crippen LogP contribution in [-0.2, 0) is 16.0 Å². The van der Waals surface area contributed by atoms with Crippen molar-refractivity contribution in [3.05, 3.63) is 29.8 Å². The normalized spacial score (nSPS) is 30.5. The molecular formula is C16H21NO3. The van der Waals surface area contributed by atoms with E-state index in [0.717, 1.165) is 25.1 Å². The van der Waals surface area contributed by atoms with Crippen LogP contribution in [0.1, 0.15) is 18.9 Å². The third-order valence-corrected chi connectivity index (χ3v) is 4.40. The van der Waals surface area contributed by atoms with Gasteiger partial charge in [-0.3, -0.25) is 4.79 Å². The summed E-state index contributed by atoms with van der Waals surface area (Å²) in [7, 11) is 1.53. The van der Waals surface area contributed by atoms with Crippen molar-refractivity contribution in [1.29, 1.82) is 0 Å². The van der Waals surface area contributed by atoms with Gasteiger partial charge in [0.25, 0.3) is 0 Å². The first-order valence-corrected chi connectivity index (χ1v) is 7.15. The maximum atomic E-state index is 11.4. The monoisotopic (exact) mass is 275 g/mol. The van der Waals surface area contributed by atoms with E-state index in [1.807, 2.05) is 12.1 Å². The van der Waals surface area contributed by atoms with E-state index in [2.05, 4.69) is 24.4 Å². The van der Waals surface area contributed by atoms with Crippen molar-refractivity contribution in [3.63, 3.8) is 0 Å². The Bertz CT molecular complexity index is 489. The largest absolute Gasteiger partial charge is 0.487 e. The van der Waals surface area contributed by atoms with Gasteiger partial charge in [0.1, 0.15) is 18.0 Å². The molecule has 1 heterocycles. The molecule has 1 aliphatic heterocycles. The molecule has 1 amide bonds. The maximum Gasteiger partial charge on any atom is 0.245 e. The predicted octanol–water partition coefficient (Wildman–Crippen LogP) is 1.78. The van der Waals surface area contributed by atoms with Crippen molar-refractivity contribution in [2.24, 2.45) is 11.8 Å². The fraction of sp³-hybridized carbons (Fsp3) is 0.562. The Morgan fingerprint density at radius 3 is 3.05 bits per heavy atom. The molecule has 0 radical (unpaired) electrons. The SMILES string of the molecule is COCC(=O)NC[C@@H]1C[C@H]1C1(C)Cc2ccccc2O1. The maximum absolute atomic E-state index is 11.4. The lowest BCUT2D eigenvalue weighted by atomic mass is 9.93. The molecule has 3 atom stereocenters. The first-order chi connectivity index (χ1) is 9.62. The highest BCUT2D eigenvalue weighted by Crippen LogP contribution is 2.52. The van der Waals surface area contributed by atoms with E-state index in [1.165, 1.54) is 12.7 Å². The van der Waals surface area contributed by atoms with Gasteiger partial charge in [-0.25, -0.2) is 0 Å². The standard InChI is InChI=1S/C16H21NO3/c1-16(8-11-5-3-4-6-14(11)20-16)13-7-12(13)9-17-15(18)10-19-2/h3-6,12-13H,7-10H2,1-2H3,(H,17,18)/t12-,13+,16?/m0/s1. The minimum atomic E-state index is -0.111. The van der Waals surface area contributed by atoms with Crippen LogP contribution in [0.25, 0.3) is 0 Å². The van der Waals surface area contributed by atoms with Crippen LogP contribution in [0.5, 0.6) is 5.75 Å². The molecule has 0 spiro atoms. The Hall–Kier alpha value is -1.55. The molecule has 1 fully saturated rings. The molecular weight excluding hydrogens is 254 g/mol. The summed E-state index contributed by atoms with van der Waals surface area (Å²) in [5, 5.41) is 2.92. The summed E-state index contributed by atoms with van der Waals surface area (Å²) in [5.74, 6) is 2.02. The van der Waals surface area contributed by atoms with Gasteiger partial charge in [0.05, 0.1) is 0 Å². The number of carbonyl (C=O) groups is 1. The number of fused-ring (bicyclic) bond motifs is 1. The van der Waals surface area contributed by atoms with Gasteiger partial charge in [0.15, 0.2) is 0 Å². The Morgan fingerprint density at radius 1 is 1.50 bits per heavy atom. The molecule has 1 saturated carbocycles. The van der Waals surface area contributed by atoms with Gasteiger partial charge < -0.3 is 14.8 Å². The number of rotatable bonds is 5. The predicted molar refractivity (Wildman–Crippen MR) is 75.7 cm³/mol. The lowest BCUT2D eigenvalue weighted by Crippen LogP contribution is -2.36. The van der Waals surface area contributed by atoms with Gasteiger partial charge in [-0.2, -0.15) is 0 Å². The molecule has 108 valence electrons. The molecule has 1 aromatic rings. The number of methoxy groups -OCH3 is 1. The number of para-hydroxylation sites is 1. The fourth-order valence-corrected chi connectivity index (χ4v) is 3.27. The molecule has 4 heteroatoms. The van der Waals surface area contributed by atoms with Crippen molar-refractivity contribution < 1.29 is 14.3 Å². The molecule has 20 heavy (non-hydrogen) atoms. The molecule has 1 aromatic carbocycles. The van der Waals surface area contributed by atoms with Crippen LogP contribution < -0.4 is 10.1 Å². The topological polar surface area (TPSA) is 47.6 Å². The minimum absolute atomic E-state index is 0.0427. The quantitative estimate of drug-likeness (QED) is 0.891. The van der Waals surface area contributed by atoms with E-state index >= 15 is 0 Å². The summed E-state index contributed by atoms with van der Waals surface area (Å²) in [5.41, 5.74) is 1.18. The number of amides is 1. The van der Waals surface area contributed by atoms with Crippen molar-refractivity contribution in [2.75, 3.05) is 20.3 Å². The van der Waals surface area contributed by atoms with E-state index in [0.29, 0.717) is 11.8 Å². The van der Waals surface area contributed by atoms with Gasteiger partial charge in [-0.05, 0) is 30.9 Å². The Labute approximate surface area is 119 Å². The summed E-state index contributed by atoms with van der Waals surface area (Å²) in [6.45, 7) is 3.05. The van der Waals surface area contributed by atoms with E-state index in [-0.39, 0.29) is 18.1 Å². The van der Waals surface area contributed by atoms with Gasteiger partial charge >= 0.3 is 0 Å². The van der Waals surface area contributed by atoms with Crippen molar-refractivity contribution in [2.45, 2.75) is 25.4 Å². The smallest absolute Gasteiger partial charge is 0.245 e. The van der Waals surface area contributed by atoms with Crippen LogP contribution in [0.15, 0.2) is 24.3 Å². The molecule has 4 nitrogen and oxygen atoms in total. The van der Waals surface area contributed by atoms with Crippen LogP contribution in [0, 0.1) is 11.8 Å². The average molecular weight is 275 g/mol. The zero-order chi connectivity index (χ0) is 14.2. The van der Waals surface area contributed by atoms with E-state index in [4.69, 9.17) is 9.47 Å². The number of benzene rings is 1. The Morgan fingerprint density at radius 2 is 2.30 bits per heavy atom. The summed E-state index contributed by atoms with van der Waals surface area (Å²) in [4.78, 5) is 11.4. The molecule has 3 rings (SSSR count). The Balaban J connectivity index is 1.54. The first-order valence-electron chi connectivity index (χ1n) is 7.15. The second-order valence-corrected chi connectivity index (χ2v) is 6.04. The minimum Gasteiger partial charge on any atom is -0.487 e. The fourth-order valence-electron chi connectivity index (χ4n) is 3.27. The van der Waals surface area contributed by atoms with Crippen LogP contribution in [-0.4, -0.2) is 31.8 Å². The Kier molecular flexibility index (Phi) is 3.42. The molecule has 1 N–H and O–H groups in total. The molecule has 0 saturated heterocycles. The number of ether oxygens (including phenoxy) is 2. The van der Waals surface area contributed by atoms with Crippen LogP contribution in [0.2, 0.25) is 0 Å². The molecule has 1 unspecified atom stereocenters. The van der Waals surface area contributed by atoms with E-state index in [1.54, 1.807) is 0 Å². The zero-order valence-electron chi connectivity index (χ0n) is 12.0. The number of hydrogen-bond donors (Lipinski definition) is 1. The summed E-state index contributed by atoms with van der Waals surface area (Å²) >= 11 is 0. The van der Waals surface area contributed by atoms with Crippen LogP contribution in [0.3, 0.4) is 0 Å². The summed E-state index contributed by atoms with van der Waals surface area (Å²) in [6.07, 6.45) is 2.09. The summed E-state index contributed by atoms with van der Waals surface area (Å²) < 4.78 is 11.0. The number of hydrogen-bond acceptors (Lipinski definition) is 3. The van der Waals surface area contributed by atoms with E-state index < -0.39 is 0 Å². The highest BCUT2D eigenvalue weighted by Gasteiger charge is 2.54. The number of carbonyl (C=O) groups excluding carboxylic acids is 1. The van der Waals surface area contributed by atoms with Gasteiger partial charge in [-0.15, -0.1) is 0 Å². The molecule has 2 aliphatic rings. The highest BCUT2D eigenvalue weighted by atomic mass is 16.5. The number of nitrogens with one attached hydrogen (secondary N) is 1. The third-order valence-electron chi connectivity index (χ3n) is 4.40. The highest BCUT2D eigenvalue weighted by molar-refractivity contribution is 5.77. The lowest BCUT2D eigenvalue weighted by Gasteiger charge is -2.24. The average Bonchev–Trinajstić information content (AvgIpc) is 3.12. The van der Waals surface area contributed by atoms with Crippen LogP contribution >= 0.6 is 0 Å². The second kappa shape index (κ2) is 5.09. The van der Waals surface area contributed by atoms with Gasteiger partial charge in [-0.1, -0.05) is 18.2 Å². The molecule has 1 aliphatic carbocycles. The first kappa shape index (κ1) is 13.4. The second-order valence-electron chi connectivity index (χ2n) is 6.04. The van der Waals surface area contributed by atoms with Gasteiger partial charge in [0.2, 0.25) is 5.91 Å². The third kappa shape index (κ3) is 2.52. The van der Waals surface area contributed by atoms with Crippen molar-refractivity contribution >= 4 is 5.91 Å². The van der Waals surface area contributed by atoms with E-state index in [9.17, 15) is 4.79 Å². The van der Waals surface area contributed by atoms with Crippen molar-refractivity contribution in [1.82, 2.24) is 5.32 Å². The molecule has 0 aromatic heterocycles.